The summed E-state index contributed by atoms with van der Waals surface area (Å²) in [5.41, 5.74) is 8.20. The van der Waals surface area contributed by atoms with Crippen LogP contribution in [0.3, 0.4) is 0 Å². The van der Waals surface area contributed by atoms with E-state index in [1.807, 2.05) is 42.5 Å². The van der Waals surface area contributed by atoms with Gasteiger partial charge >= 0.3 is 0 Å². The Hall–Kier alpha value is -2.69. The number of aliphatic imine (C=N–C) groups is 1. The number of hydrogen-bond donors (Lipinski definition) is 2. The van der Waals surface area contributed by atoms with Gasteiger partial charge in [-0.25, -0.2) is 4.99 Å². The molecule has 0 aliphatic carbocycles. The molecule has 120 valence electrons. The van der Waals surface area contributed by atoms with Crippen LogP contribution in [0.5, 0.6) is 11.5 Å². The Morgan fingerprint density at radius 2 is 2.04 bits per heavy atom. The Labute approximate surface area is 136 Å². The smallest absolute Gasteiger partial charge is 0.188 e. The molecule has 0 fully saturated rings. The predicted molar refractivity (Wildman–Crippen MR) is 91.0 cm³/mol. The van der Waals surface area contributed by atoms with E-state index in [-0.39, 0.29) is 0 Å². The van der Waals surface area contributed by atoms with Gasteiger partial charge in [0.25, 0.3) is 0 Å². The maximum atomic E-state index is 5.97. The van der Waals surface area contributed by atoms with E-state index in [2.05, 4.69) is 16.4 Å². The van der Waals surface area contributed by atoms with E-state index in [9.17, 15) is 0 Å². The van der Waals surface area contributed by atoms with E-state index in [1.54, 1.807) is 7.11 Å². The van der Waals surface area contributed by atoms with E-state index in [0.29, 0.717) is 31.6 Å². The fraction of sp³-hybridized carbons (Fsp3) is 0.278. The van der Waals surface area contributed by atoms with Crippen molar-refractivity contribution < 1.29 is 9.47 Å². The fourth-order valence-corrected chi connectivity index (χ4v) is 2.69. The Morgan fingerprint density at radius 3 is 2.91 bits per heavy atom. The zero-order valence-electron chi connectivity index (χ0n) is 13.2. The number of methoxy groups -OCH3 is 1. The molecule has 0 spiro atoms. The van der Waals surface area contributed by atoms with Gasteiger partial charge in [0.1, 0.15) is 11.5 Å². The monoisotopic (exact) mass is 311 g/mol. The third kappa shape index (κ3) is 3.56. The van der Waals surface area contributed by atoms with Crippen LogP contribution in [0.25, 0.3) is 0 Å². The molecule has 1 atom stereocenters. The Kier molecular flexibility index (Phi) is 4.66. The van der Waals surface area contributed by atoms with E-state index in [1.165, 1.54) is 5.56 Å². The van der Waals surface area contributed by atoms with Crippen LogP contribution in [0.1, 0.15) is 17.0 Å². The molecule has 5 nitrogen and oxygen atoms in total. The largest absolute Gasteiger partial charge is 0.496 e. The van der Waals surface area contributed by atoms with Crippen LogP contribution in [0.15, 0.2) is 53.5 Å². The number of ether oxygens (including phenoxy) is 2. The number of nitrogens with two attached hydrogens (primary N) is 1. The highest BCUT2D eigenvalue weighted by Crippen LogP contribution is 2.32. The summed E-state index contributed by atoms with van der Waals surface area (Å²) in [6.45, 7) is 1.87. The molecular weight excluding hydrogens is 290 g/mol. The van der Waals surface area contributed by atoms with Crippen LogP contribution in [0.2, 0.25) is 0 Å². The molecule has 1 heterocycles. The summed E-state index contributed by atoms with van der Waals surface area (Å²) in [5.74, 6) is 2.51. The van der Waals surface area contributed by atoms with Crippen LogP contribution in [-0.2, 0) is 6.54 Å². The first-order valence-electron chi connectivity index (χ1n) is 7.65. The number of guanidine groups is 1. The molecule has 0 aromatic heterocycles. The fourth-order valence-electron chi connectivity index (χ4n) is 2.69. The Bertz CT molecular complexity index is 700. The molecule has 1 aliphatic heterocycles. The topological polar surface area (TPSA) is 68.9 Å². The van der Waals surface area contributed by atoms with Gasteiger partial charge in [-0.3, -0.25) is 0 Å². The minimum Gasteiger partial charge on any atom is -0.496 e. The number of benzene rings is 2. The SMILES string of the molecule is COc1ccccc1CN=C(N)NCC1COc2ccccc21. The number of nitrogens with one attached hydrogen (secondary N) is 1. The van der Waals surface area contributed by atoms with Crippen molar-refractivity contribution >= 4 is 5.96 Å². The van der Waals surface area contributed by atoms with Crippen molar-refractivity contribution in [2.75, 3.05) is 20.3 Å². The summed E-state index contributed by atoms with van der Waals surface area (Å²) in [6, 6.07) is 15.9. The number of fused-ring (bicyclic) bond motifs is 1. The molecule has 23 heavy (non-hydrogen) atoms. The standard InChI is InChI=1S/C18H21N3O2/c1-22-16-8-4-2-6-13(16)10-20-18(19)21-11-14-12-23-17-9-5-3-7-15(14)17/h2-9,14H,10-12H2,1H3,(H3,19,20,21). The van der Waals surface area contributed by atoms with Crippen molar-refractivity contribution in [1.29, 1.82) is 0 Å². The highest BCUT2D eigenvalue weighted by molar-refractivity contribution is 5.78. The van der Waals surface area contributed by atoms with Gasteiger partial charge in [-0.1, -0.05) is 36.4 Å². The van der Waals surface area contributed by atoms with Crippen molar-refractivity contribution in [3.63, 3.8) is 0 Å². The molecule has 0 saturated heterocycles. The second-order valence-corrected chi connectivity index (χ2v) is 5.44. The molecular formula is C18H21N3O2. The second kappa shape index (κ2) is 7.05. The highest BCUT2D eigenvalue weighted by atomic mass is 16.5. The minimum absolute atomic E-state index is 0.297. The molecule has 0 saturated carbocycles. The molecule has 1 unspecified atom stereocenters. The minimum atomic E-state index is 0.297. The van der Waals surface area contributed by atoms with Gasteiger partial charge in [-0.15, -0.1) is 0 Å². The van der Waals surface area contributed by atoms with Crippen molar-refractivity contribution in [3.8, 4) is 11.5 Å². The van der Waals surface area contributed by atoms with E-state index in [0.717, 1.165) is 17.1 Å². The van der Waals surface area contributed by atoms with Gasteiger partial charge in [0, 0.05) is 23.6 Å². The number of para-hydroxylation sites is 2. The van der Waals surface area contributed by atoms with Gasteiger partial charge in [0.05, 0.1) is 20.3 Å². The normalized spacial score (nSPS) is 16.6. The van der Waals surface area contributed by atoms with Gasteiger partial charge < -0.3 is 20.5 Å². The molecule has 3 N–H and O–H groups in total. The molecule has 3 rings (SSSR count). The van der Waals surface area contributed by atoms with Gasteiger partial charge in [-0.05, 0) is 12.1 Å². The zero-order valence-corrected chi connectivity index (χ0v) is 13.2. The quantitative estimate of drug-likeness (QED) is 0.656. The molecule has 5 heteroatoms. The maximum Gasteiger partial charge on any atom is 0.188 e. The summed E-state index contributed by atoms with van der Waals surface area (Å²) in [6.07, 6.45) is 0. The summed E-state index contributed by atoms with van der Waals surface area (Å²) in [7, 11) is 1.65. The van der Waals surface area contributed by atoms with Crippen LogP contribution in [-0.4, -0.2) is 26.2 Å². The second-order valence-electron chi connectivity index (χ2n) is 5.44. The average molecular weight is 311 g/mol. The third-order valence-electron chi connectivity index (χ3n) is 3.94. The molecule has 0 bridgehead atoms. The predicted octanol–water partition coefficient (Wildman–Crippen LogP) is 2.28. The van der Waals surface area contributed by atoms with Crippen LogP contribution >= 0.6 is 0 Å². The Morgan fingerprint density at radius 1 is 1.26 bits per heavy atom. The van der Waals surface area contributed by atoms with Crippen molar-refractivity contribution in [2.45, 2.75) is 12.5 Å². The summed E-state index contributed by atoms with van der Waals surface area (Å²) >= 11 is 0. The Balaban J connectivity index is 1.56. The average Bonchev–Trinajstić information content (AvgIpc) is 3.01. The molecule has 2 aromatic rings. The van der Waals surface area contributed by atoms with Crippen molar-refractivity contribution in [2.24, 2.45) is 10.7 Å². The zero-order chi connectivity index (χ0) is 16.1. The van der Waals surface area contributed by atoms with Crippen LogP contribution < -0.4 is 20.5 Å². The van der Waals surface area contributed by atoms with Gasteiger partial charge in [0.2, 0.25) is 0 Å². The number of rotatable bonds is 5. The summed E-state index contributed by atoms with van der Waals surface area (Å²) < 4.78 is 11.0. The third-order valence-corrected chi connectivity index (χ3v) is 3.94. The van der Waals surface area contributed by atoms with E-state index >= 15 is 0 Å². The lowest BCUT2D eigenvalue weighted by Gasteiger charge is -2.11. The summed E-state index contributed by atoms with van der Waals surface area (Å²) in [5, 5.41) is 3.18. The maximum absolute atomic E-state index is 5.97. The first-order chi connectivity index (χ1) is 11.3. The molecule has 0 amide bonds. The number of nitrogens with zero attached hydrogens (tertiary/aromatic N) is 1. The first kappa shape index (κ1) is 15.2. The molecule has 2 aromatic carbocycles. The van der Waals surface area contributed by atoms with Gasteiger partial charge in [0.15, 0.2) is 5.96 Å². The molecule has 0 radical (unpaired) electrons. The van der Waals surface area contributed by atoms with Crippen molar-refractivity contribution in [3.05, 3.63) is 59.7 Å². The molecule has 1 aliphatic rings. The first-order valence-corrected chi connectivity index (χ1v) is 7.65. The lowest BCUT2D eigenvalue weighted by atomic mass is 10.0. The van der Waals surface area contributed by atoms with Crippen LogP contribution in [0, 0.1) is 0 Å². The summed E-state index contributed by atoms with van der Waals surface area (Å²) in [4.78, 5) is 4.38. The lowest BCUT2D eigenvalue weighted by molar-refractivity contribution is 0.330. The highest BCUT2D eigenvalue weighted by Gasteiger charge is 2.23. The van der Waals surface area contributed by atoms with Crippen molar-refractivity contribution in [1.82, 2.24) is 5.32 Å². The number of hydrogen-bond acceptors (Lipinski definition) is 3. The van der Waals surface area contributed by atoms with Crippen LogP contribution in [0.4, 0.5) is 0 Å². The lowest BCUT2D eigenvalue weighted by Crippen LogP contribution is -2.35. The van der Waals surface area contributed by atoms with Gasteiger partial charge in [-0.2, -0.15) is 0 Å². The van der Waals surface area contributed by atoms with E-state index < -0.39 is 0 Å². The van der Waals surface area contributed by atoms with E-state index in [4.69, 9.17) is 15.2 Å².